The van der Waals surface area contributed by atoms with E-state index in [-0.39, 0.29) is 11.8 Å². The zero-order chi connectivity index (χ0) is 16.5. The van der Waals surface area contributed by atoms with Crippen LogP contribution in [0.5, 0.6) is 0 Å². The molecule has 0 aliphatic carbocycles. The molecule has 0 radical (unpaired) electrons. The number of hydrogen-bond acceptors (Lipinski definition) is 3. The van der Waals surface area contributed by atoms with Gasteiger partial charge >= 0.3 is 5.97 Å². The second kappa shape index (κ2) is 9.99. The number of allylic oxidation sites excluding steroid dienone is 1. The Morgan fingerprint density at radius 2 is 1.86 bits per heavy atom. The van der Waals surface area contributed by atoms with Crippen molar-refractivity contribution < 1.29 is 14.3 Å². The van der Waals surface area contributed by atoms with Crippen LogP contribution in [0.1, 0.15) is 66.7 Å². The van der Waals surface area contributed by atoms with Crippen molar-refractivity contribution in [1.82, 2.24) is 0 Å². The largest absolute Gasteiger partial charge is 0.463 e. The van der Waals surface area contributed by atoms with E-state index in [1.54, 1.807) is 26.8 Å². The van der Waals surface area contributed by atoms with Crippen LogP contribution in [0.25, 0.3) is 0 Å². The second-order valence-electron chi connectivity index (χ2n) is 6.17. The molecule has 122 valence electrons. The van der Waals surface area contributed by atoms with Gasteiger partial charge in [0.2, 0.25) is 0 Å². The van der Waals surface area contributed by atoms with E-state index < -0.39 is 4.87 Å². The molecule has 1 atom stereocenters. The number of Topliss-reactive ketones (excluding diaryl/α,β-unsaturated/α-hetero) is 1. The molecular formula is C17H29ClO3. The zero-order valence-electron chi connectivity index (χ0n) is 14.0. The van der Waals surface area contributed by atoms with Crippen LogP contribution >= 0.6 is 11.6 Å². The molecule has 0 spiro atoms. The summed E-state index contributed by atoms with van der Waals surface area (Å²) < 4.78 is 4.87. The first-order valence-electron chi connectivity index (χ1n) is 7.73. The van der Waals surface area contributed by atoms with Gasteiger partial charge < -0.3 is 4.74 Å². The van der Waals surface area contributed by atoms with Crippen molar-refractivity contribution >= 4 is 23.4 Å². The third-order valence-corrected chi connectivity index (χ3v) is 3.66. The van der Waals surface area contributed by atoms with Gasteiger partial charge in [0.15, 0.2) is 5.78 Å². The van der Waals surface area contributed by atoms with Crippen LogP contribution in [0.15, 0.2) is 11.6 Å². The molecule has 0 aromatic carbocycles. The van der Waals surface area contributed by atoms with Crippen LogP contribution in [0.3, 0.4) is 0 Å². The molecule has 0 amide bonds. The number of esters is 1. The standard InChI is InChI=1S/C17H29ClO3/c1-6-21-16(20)12-14(3)9-7-8-13(2)10-11-15(19)17(4,5)18/h12-13H,6-11H2,1-5H3. The minimum atomic E-state index is -0.751. The van der Waals surface area contributed by atoms with Crippen LogP contribution in [0, 0.1) is 5.92 Å². The maximum Gasteiger partial charge on any atom is 0.330 e. The summed E-state index contributed by atoms with van der Waals surface area (Å²) in [6.45, 7) is 9.78. The third-order valence-electron chi connectivity index (χ3n) is 3.45. The van der Waals surface area contributed by atoms with Crippen molar-refractivity contribution in [3.05, 3.63) is 11.6 Å². The first kappa shape index (κ1) is 20.2. The summed E-state index contributed by atoms with van der Waals surface area (Å²) in [5.74, 6) is 0.329. The average Bonchev–Trinajstić information content (AvgIpc) is 2.34. The van der Waals surface area contributed by atoms with Gasteiger partial charge in [0, 0.05) is 12.5 Å². The number of carbonyl (C=O) groups excluding carboxylic acids is 2. The molecule has 0 aliphatic heterocycles. The molecule has 0 saturated carbocycles. The molecule has 0 heterocycles. The van der Waals surface area contributed by atoms with E-state index in [4.69, 9.17) is 16.3 Å². The van der Waals surface area contributed by atoms with E-state index in [1.807, 2.05) is 6.92 Å². The molecule has 0 saturated heterocycles. The fraction of sp³-hybridized carbons (Fsp3) is 0.765. The maximum absolute atomic E-state index is 11.7. The fourth-order valence-electron chi connectivity index (χ4n) is 2.01. The van der Waals surface area contributed by atoms with Crippen LogP contribution in [-0.4, -0.2) is 23.2 Å². The minimum absolute atomic E-state index is 0.106. The maximum atomic E-state index is 11.7. The molecule has 0 N–H and O–H groups in total. The van der Waals surface area contributed by atoms with Crippen molar-refractivity contribution in [3.63, 3.8) is 0 Å². The normalized spacial score (nSPS) is 13.9. The number of hydrogen-bond donors (Lipinski definition) is 0. The van der Waals surface area contributed by atoms with Crippen molar-refractivity contribution in [2.24, 2.45) is 5.92 Å². The van der Waals surface area contributed by atoms with Crippen LogP contribution in [0.2, 0.25) is 0 Å². The minimum Gasteiger partial charge on any atom is -0.463 e. The number of alkyl halides is 1. The highest BCUT2D eigenvalue weighted by atomic mass is 35.5. The number of rotatable bonds is 10. The van der Waals surface area contributed by atoms with Gasteiger partial charge in [0.05, 0.1) is 11.5 Å². The van der Waals surface area contributed by atoms with Gasteiger partial charge in [0.25, 0.3) is 0 Å². The Morgan fingerprint density at radius 3 is 2.38 bits per heavy atom. The van der Waals surface area contributed by atoms with Gasteiger partial charge in [-0.3, -0.25) is 4.79 Å². The smallest absolute Gasteiger partial charge is 0.330 e. The van der Waals surface area contributed by atoms with Crippen molar-refractivity contribution in [2.45, 2.75) is 71.6 Å². The van der Waals surface area contributed by atoms with Crippen molar-refractivity contribution in [2.75, 3.05) is 6.61 Å². The summed E-state index contributed by atoms with van der Waals surface area (Å²) in [4.78, 5) is 22.3. The first-order chi connectivity index (χ1) is 9.66. The molecular weight excluding hydrogens is 288 g/mol. The predicted molar refractivity (Wildman–Crippen MR) is 87.6 cm³/mol. The second-order valence-corrected chi connectivity index (χ2v) is 7.12. The lowest BCUT2D eigenvalue weighted by Gasteiger charge is -2.16. The number of carbonyl (C=O) groups is 2. The van der Waals surface area contributed by atoms with Gasteiger partial charge in [0.1, 0.15) is 0 Å². The molecule has 4 heteroatoms. The Morgan fingerprint density at radius 1 is 1.24 bits per heavy atom. The summed E-state index contributed by atoms with van der Waals surface area (Å²) in [6, 6.07) is 0. The molecule has 0 bridgehead atoms. The van der Waals surface area contributed by atoms with Gasteiger partial charge in [-0.05, 0) is 52.9 Å². The average molecular weight is 317 g/mol. The van der Waals surface area contributed by atoms with Gasteiger partial charge in [-0.15, -0.1) is 11.6 Å². The van der Waals surface area contributed by atoms with Crippen LogP contribution in [0.4, 0.5) is 0 Å². The SMILES string of the molecule is CCOC(=O)C=C(C)CCCC(C)CCC(=O)C(C)(C)Cl. The van der Waals surface area contributed by atoms with E-state index in [1.165, 1.54) is 0 Å². The van der Waals surface area contributed by atoms with Gasteiger partial charge in [-0.2, -0.15) is 0 Å². The predicted octanol–water partition coefficient (Wildman–Crippen LogP) is 4.67. The van der Waals surface area contributed by atoms with E-state index >= 15 is 0 Å². The van der Waals surface area contributed by atoms with Crippen molar-refractivity contribution in [1.29, 1.82) is 0 Å². The van der Waals surface area contributed by atoms with Gasteiger partial charge in [-0.1, -0.05) is 18.9 Å². The van der Waals surface area contributed by atoms with E-state index in [2.05, 4.69) is 6.92 Å². The highest BCUT2D eigenvalue weighted by Crippen LogP contribution is 2.21. The summed E-state index contributed by atoms with van der Waals surface area (Å²) >= 11 is 5.99. The lowest BCUT2D eigenvalue weighted by Crippen LogP contribution is -2.24. The van der Waals surface area contributed by atoms with E-state index in [0.29, 0.717) is 18.9 Å². The first-order valence-corrected chi connectivity index (χ1v) is 8.10. The fourth-order valence-corrected chi connectivity index (χ4v) is 2.10. The van der Waals surface area contributed by atoms with E-state index in [9.17, 15) is 9.59 Å². The summed E-state index contributed by atoms with van der Waals surface area (Å²) in [7, 11) is 0. The lowest BCUT2D eigenvalue weighted by atomic mass is 9.93. The summed E-state index contributed by atoms with van der Waals surface area (Å²) in [5, 5.41) is 0. The van der Waals surface area contributed by atoms with E-state index in [0.717, 1.165) is 31.3 Å². The highest BCUT2D eigenvalue weighted by Gasteiger charge is 2.23. The number of halogens is 1. The molecule has 1 unspecified atom stereocenters. The van der Waals surface area contributed by atoms with Crippen molar-refractivity contribution in [3.8, 4) is 0 Å². The molecule has 0 aromatic rings. The third kappa shape index (κ3) is 10.5. The molecule has 0 rings (SSSR count). The number of ketones is 1. The molecule has 21 heavy (non-hydrogen) atoms. The van der Waals surface area contributed by atoms with Crippen LogP contribution in [-0.2, 0) is 14.3 Å². The zero-order valence-corrected chi connectivity index (χ0v) is 14.8. The Labute approximate surface area is 134 Å². The highest BCUT2D eigenvalue weighted by molar-refractivity contribution is 6.34. The molecule has 0 aliphatic rings. The monoisotopic (exact) mass is 316 g/mol. The van der Waals surface area contributed by atoms with Gasteiger partial charge in [-0.25, -0.2) is 4.79 Å². The Kier molecular flexibility index (Phi) is 9.60. The number of ether oxygens (including phenoxy) is 1. The van der Waals surface area contributed by atoms with Crippen LogP contribution < -0.4 is 0 Å². The molecule has 3 nitrogen and oxygen atoms in total. The molecule has 0 fully saturated rings. The Balaban J connectivity index is 3.92. The summed E-state index contributed by atoms with van der Waals surface area (Å²) in [5.41, 5.74) is 1.04. The Bertz CT molecular complexity index is 367. The topological polar surface area (TPSA) is 43.4 Å². The Hall–Kier alpha value is -0.830. The summed E-state index contributed by atoms with van der Waals surface area (Å²) in [6.07, 6.45) is 5.92. The molecule has 0 aromatic heterocycles. The lowest BCUT2D eigenvalue weighted by molar-refractivity contribution is -0.137. The quantitative estimate of drug-likeness (QED) is 0.334.